The Labute approximate surface area is 95.7 Å². The zero-order chi connectivity index (χ0) is 9.97. The maximum Gasteiger partial charge on any atom is 0.179 e. The van der Waals surface area contributed by atoms with Gasteiger partial charge in [-0.15, -0.1) is 0 Å². The van der Waals surface area contributed by atoms with Crippen molar-refractivity contribution in [2.45, 2.75) is 0 Å². The van der Waals surface area contributed by atoms with Crippen LogP contribution in [-0.4, -0.2) is 10.3 Å². The molecule has 2 rings (SSSR count). The van der Waals surface area contributed by atoms with Crippen LogP contribution >= 0.6 is 33.6 Å². The minimum absolute atomic E-state index is 0.164. The van der Waals surface area contributed by atoms with Crippen molar-refractivity contribution in [3.05, 3.63) is 30.3 Å². The Bertz CT molecular complexity index is 402. The topological polar surface area (TPSA) is 50.4 Å². The molecule has 14 heavy (non-hydrogen) atoms. The van der Waals surface area contributed by atoms with Gasteiger partial charge in [-0.1, -0.05) is 18.2 Å². The molecule has 0 radical (unpaired) electrons. The first kappa shape index (κ1) is 10.2. The monoisotopic (exact) mass is 289 g/mol. The zero-order valence-electron chi connectivity index (χ0n) is 7.11. The molecule has 74 valence electrons. The summed E-state index contributed by atoms with van der Waals surface area (Å²) >= 11 is 3.43. The van der Waals surface area contributed by atoms with E-state index in [-0.39, 0.29) is 7.95 Å². The number of hydrogen-bond donors (Lipinski definition) is 2. The molecule has 1 aliphatic heterocycles. The van der Waals surface area contributed by atoms with Crippen LogP contribution < -0.4 is 11.1 Å². The second kappa shape index (κ2) is 4.48. The summed E-state index contributed by atoms with van der Waals surface area (Å²) in [6.07, 6.45) is 0. The molecular formula is C8H8BrN3S2. The lowest BCUT2D eigenvalue weighted by Gasteiger charge is -2.03. The highest BCUT2D eigenvalue weighted by molar-refractivity contribution is 9.65. The zero-order valence-corrected chi connectivity index (χ0v) is 10.3. The third kappa shape index (κ3) is 2.38. The van der Waals surface area contributed by atoms with Crippen LogP contribution in [0.25, 0.3) is 0 Å². The molecule has 0 fully saturated rings. The molecule has 0 saturated carbocycles. The first-order valence-electron chi connectivity index (χ1n) is 3.88. The fourth-order valence-corrected chi connectivity index (χ4v) is 4.06. The normalized spacial score (nSPS) is 20.9. The van der Waals surface area contributed by atoms with Crippen LogP contribution in [0.4, 0.5) is 5.69 Å². The molecule has 3 nitrogen and oxygen atoms in total. The number of anilines is 1. The number of halogens is 1. The summed E-state index contributed by atoms with van der Waals surface area (Å²) in [7, 11) is 1.43. The van der Waals surface area contributed by atoms with Crippen LogP contribution in [0.15, 0.2) is 35.3 Å². The van der Waals surface area contributed by atoms with Crippen LogP contribution in [0.5, 0.6) is 0 Å². The molecular weight excluding hydrogens is 282 g/mol. The molecule has 6 heteroatoms. The Morgan fingerprint density at radius 3 is 2.64 bits per heavy atom. The van der Waals surface area contributed by atoms with E-state index in [2.05, 4.69) is 25.1 Å². The molecule has 0 aliphatic carbocycles. The number of aliphatic imine (C=N–C) groups is 1. The Balaban J connectivity index is 2.06. The third-order valence-corrected chi connectivity index (χ3v) is 6.08. The van der Waals surface area contributed by atoms with Gasteiger partial charge in [0.1, 0.15) is 0 Å². The third-order valence-electron chi connectivity index (χ3n) is 1.55. The molecule has 1 aromatic carbocycles. The van der Waals surface area contributed by atoms with Crippen molar-refractivity contribution in [1.82, 2.24) is 0 Å². The Kier molecular flexibility index (Phi) is 3.27. The van der Waals surface area contributed by atoms with Gasteiger partial charge in [-0.05, 0) is 45.7 Å². The maximum atomic E-state index is 5.66. The number of rotatable bonds is 1. The quantitative estimate of drug-likeness (QED) is 0.617. The van der Waals surface area contributed by atoms with Gasteiger partial charge in [0.2, 0.25) is 0 Å². The van der Waals surface area contributed by atoms with Crippen molar-refractivity contribution in [3.63, 3.8) is 0 Å². The van der Waals surface area contributed by atoms with Gasteiger partial charge in [-0.3, -0.25) is 5.73 Å². The molecule has 0 saturated heterocycles. The Morgan fingerprint density at radius 2 is 2.07 bits per heavy atom. The lowest BCUT2D eigenvalue weighted by Crippen LogP contribution is -2.09. The standard InChI is InChI=1S/C8H8BrN3S2/c9-14-7(10)12-8(13-14)11-6-4-2-1-3-5-6/h1-5H,10H2,(H,11,12). The first-order valence-corrected chi connectivity index (χ1v) is 8.28. The summed E-state index contributed by atoms with van der Waals surface area (Å²) in [5, 5.41) is 4.67. The molecule has 1 unspecified atom stereocenters. The van der Waals surface area contributed by atoms with E-state index >= 15 is 0 Å². The molecule has 1 aromatic rings. The summed E-state index contributed by atoms with van der Waals surface area (Å²) in [4.78, 5) is 4.19. The lowest BCUT2D eigenvalue weighted by atomic mass is 10.3. The predicted octanol–water partition coefficient (Wildman–Crippen LogP) is 2.74. The number of amidine groups is 1. The Hall–Kier alpha value is -0.300. The predicted molar refractivity (Wildman–Crippen MR) is 70.8 cm³/mol. The van der Waals surface area contributed by atoms with Gasteiger partial charge in [0.25, 0.3) is 0 Å². The minimum atomic E-state index is -0.164. The molecule has 1 heterocycles. The van der Waals surface area contributed by atoms with E-state index < -0.39 is 0 Å². The molecule has 3 N–H and O–H groups in total. The number of hydrogen-bond acceptors (Lipinski definition) is 4. The van der Waals surface area contributed by atoms with Crippen LogP contribution in [-0.2, 0) is 0 Å². The second-order valence-electron chi connectivity index (χ2n) is 2.55. The SMILES string of the molecule is NC1=S(Br)SC(Nc2ccccc2)=N1. The van der Waals surface area contributed by atoms with E-state index in [1.54, 1.807) is 10.8 Å². The van der Waals surface area contributed by atoms with E-state index in [4.69, 9.17) is 5.73 Å². The van der Waals surface area contributed by atoms with E-state index in [0.717, 1.165) is 10.9 Å². The van der Waals surface area contributed by atoms with Crippen LogP contribution in [0, 0.1) is 0 Å². The van der Waals surface area contributed by atoms with E-state index in [1.165, 1.54) is 0 Å². The first-order chi connectivity index (χ1) is 6.75. The maximum absolute atomic E-state index is 5.66. The highest BCUT2D eigenvalue weighted by atomic mass is 79.9. The number of para-hydroxylation sites is 1. The van der Waals surface area contributed by atoms with Crippen LogP contribution in [0.3, 0.4) is 0 Å². The van der Waals surface area contributed by atoms with Crippen LogP contribution in [0.1, 0.15) is 0 Å². The highest BCUT2D eigenvalue weighted by Gasteiger charge is 2.13. The smallest absolute Gasteiger partial charge is 0.179 e. The summed E-state index contributed by atoms with van der Waals surface area (Å²) < 4.78 is 0. The fraction of sp³-hybridized carbons (Fsp3) is 0. The van der Waals surface area contributed by atoms with Gasteiger partial charge in [-0.25, -0.2) is 4.99 Å². The average Bonchev–Trinajstić information content (AvgIpc) is 2.47. The van der Waals surface area contributed by atoms with E-state index in [1.807, 2.05) is 30.3 Å². The number of nitrogens with zero attached hydrogens (tertiary/aromatic N) is 1. The number of benzene rings is 1. The largest absolute Gasteiger partial charge is 0.334 e. The van der Waals surface area contributed by atoms with Crippen molar-refractivity contribution in [2.24, 2.45) is 10.7 Å². The molecule has 1 aliphatic rings. The van der Waals surface area contributed by atoms with Gasteiger partial charge in [0, 0.05) is 5.69 Å². The fourth-order valence-electron chi connectivity index (χ4n) is 0.960. The average molecular weight is 290 g/mol. The van der Waals surface area contributed by atoms with Crippen LogP contribution in [0.2, 0.25) is 0 Å². The summed E-state index contributed by atoms with van der Waals surface area (Å²) in [5.74, 6) is 0. The summed E-state index contributed by atoms with van der Waals surface area (Å²) in [6, 6.07) is 9.91. The molecule has 0 aromatic heterocycles. The van der Waals surface area contributed by atoms with Crippen molar-refractivity contribution >= 4 is 49.5 Å². The second-order valence-corrected chi connectivity index (χ2v) is 8.70. The van der Waals surface area contributed by atoms with Crippen molar-refractivity contribution < 1.29 is 0 Å². The van der Waals surface area contributed by atoms with Gasteiger partial charge >= 0.3 is 0 Å². The molecule has 0 spiro atoms. The van der Waals surface area contributed by atoms with Gasteiger partial charge in [0.15, 0.2) is 10.3 Å². The van der Waals surface area contributed by atoms with Gasteiger partial charge < -0.3 is 5.32 Å². The highest BCUT2D eigenvalue weighted by Crippen LogP contribution is 2.43. The Morgan fingerprint density at radius 1 is 1.36 bits per heavy atom. The molecule has 0 amide bonds. The summed E-state index contributed by atoms with van der Waals surface area (Å²) in [5.41, 5.74) is 6.68. The minimum Gasteiger partial charge on any atom is -0.334 e. The van der Waals surface area contributed by atoms with Gasteiger partial charge in [-0.2, -0.15) is 0 Å². The van der Waals surface area contributed by atoms with Crippen molar-refractivity contribution in [2.75, 3.05) is 5.32 Å². The summed E-state index contributed by atoms with van der Waals surface area (Å²) in [6.45, 7) is 0. The van der Waals surface area contributed by atoms with Crippen molar-refractivity contribution in [1.29, 1.82) is 0 Å². The van der Waals surface area contributed by atoms with E-state index in [9.17, 15) is 0 Å². The van der Waals surface area contributed by atoms with Crippen molar-refractivity contribution in [3.8, 4) is 0 Å². The molecule has 0 bridgehead atoms. The lowest BCUT2D eigenvalue weighted by molar-refractivity contribution is 1.59. The number of nitrogens with two attached hydrogens (primary N) is 1. The number of nitrogens with one attached hydrogen (secondary N) is 1. The molecule has 1 atom stereocenters. The van der Waals surface area contributed by atoms with E-state index in [0.29, 0.717) is 5.11 Å². The van der Waals surface area contributed by atoms with Gasteiger partial charge in [0.05, 0.1) is 0 Å².